The number of aromatic nitrogens is 1. The average molecular weight is 369 g/mol. The van der Waals surface area contributed by atoms with E-state index in [1.807, 2.05) is 36.6 Å². The van der Waals surface area contributed by atoms with Crippen LogP contribution in [-0.4, -0.2) is 24.3 Å². The average Bonchev–Trinajstić information content (AvgIpc) is 3.10. The maximum Gasteiger partial charge on any atom is 0.341 e. The highest BCUT2D eigenvalue weighted by Gasteiger charge is 2.16. The van der Waals surface area contributed by atoms with Gasteiger partial charge in [0.15, 0.2) is 0 Å². The third-order valence-electron chi connectivity index (χ3n) is 3.72. The third-order valence-corrected chi connectivity index (χ3v) is 4.47. The van der Waals surface area contributed by atoms with E-state index in [0.717, 1.165) is 16.8 Å². The van der Waals surface area contributed by atoms with Crippen LogP contribution in [0.3, 0.4) is 0 Å². The van der Waals surface area contributed by atoms with E-state index < -0.39 is 11.8 Å². The van der Waals surface area contributed by atoms with Crippen LogP contribution in [0.5, 0.6) is 0 Å². The van der Waals surface area contributed by atoms with Gasteiger partial charge < -0.3 is 4.74 Å². The minimum atomic E-state index is -0.749. The molecule has 3 aromatic rings. The van der Waals surface area contributed by atoms with E-state index >= 15 is 0 Å². The second-order valence-electron chi connectivity index (χ2n) is 5.42. The summed E-state index contributed by atoms with van der Waals surface area (Å²) in [5.41, 5.74) is 6.02. The van der Waals surface area contributed by atoms with Crippen molar-refractivity contribution in [2.24, 2.45) is 5.10 Å². The molecule has 3 rings (SSSR count). The zero-order chi connectivity index (χ0) is 18.5. The molecular formula is C19H16FN3O2S. The first-order chi connectivity index (χ1) is 12.6. The molecule has 1 heterocycles. The Kier molecular flexibility index (Phi) is 5.38. The summed E-state index contributed by atoms with van der Waals surface area (Å²) < 4.78 is 18.5. The topological polar surface area (TPSA) is 63.6 Å². The highest BCUT2D eigenvalue weighted by atomic mass is 32.1. The maximum absolute atomic E-state index is 13.9. The van der Waals surface area contributed by atoms with Crippen LogP contribution in [0, 0.1) is 12.7 Å². The highest BCUT2D eigenvalue weighted by molar-refractivity contribution is 7.14. The number of rotatable bonds is 5. The number of thiazole rings is 1. The van der Waals surface area contributed by atoms with Crippen molar-refractivity contribution in [1.29, 1.82) is 0 Å². The lowest BCUT2D eigenvalue weighted by molar-refractivity contribution is 0.0595. The normalized spacial score (nSPS) is 10.9. The summed E-state index contributed by atoms with van der Waals surface area (Å²) in [5, 5.41) is 6.58. The molecule has 0 aliphatic carbocycles. The van der Waals surface area contributed by atoms with E-state index in [2.05, 4.69) is 20.2 Å². The van der Waals surface area contributed by atoms with E-state index in [-0.39, 0.29) is 5.56 Å². The van der Waals surface area contributed by atoms with Crippen LogP contribution in [0.2, 0.25) is 0 Å². The Hall–Kier alpha value is -3.06. The molecule has 0 radical (unpaired) electrons. The number of benzene rings is 2. The SMILES string of the molecule is COC(=O)c1c(F)cccc1/C=N/Nc1nc(-c2ccccc2C)cs1. The van der Waals surface area contributed by atoms with E-state index in [1.165, 1.54) is 36.8 Å². The number of aryl methyl sites for hydroxylation is 1. The molecule has 0 unspecified atom stereocenters. The van der Waals surface area contributed by atoms with Crippen molar-refractivity contribution in [3.8, 4) is 11.3 Å². The molecule has 1 aromatic heterocycles. The lowest BCUT2D eigenvalue weighted by atomic mass is 10.1. The maximum atomic E-state index is 13.9. The third kappa shape index (κ3) is 3.78. The Bertz CT molecular complexity index is 969. The predicted molar refractivity (Wildman–Crippen MR) is 101 cm³/mol. The van der Waals surface area contributed by atoms with Gasteiger partial charge in [-0.05, 0) is 18.6 Å². The molecule has 0 spiro atoms. The van der Waals surface area contributed by atoms with Crippen LogP contribution in [0.25, 0.3) is 11.3 Å². The second kappa shape index (κ2) is 7.88. The van der Waals surface area contributed by atoms with Crippen LogP contribution in [0.4, 0.5) is 9.52 Å². The molecule has 0 fully saturated rings. The smallest absolute Gasteiger partial charge is 0.341 e. The molecule has 0 atom stereocenters. The second-order valence-corrected chi connectivity index (χ2v) is 6.28. The van der Waals surface area contributed by atoms with Crippen molar-refractivity contribution >= 4 is 28.7 Å². The molecule has 26 heavy (non-hydrogen) atoms. The van der Waals surface area contributed by atoms with Crippen LogP contribution in [0.15, 0.2) is 52.9 Å². The van der Waals surface area contributed by atoms with Crippen LogP contribution in [0.1, 0.15) is 21.5 Å². The van der Waals surface area contributed by atoms with Crippen molar-refractivity contribution in [1.82, 2.24) is 4.98 Å². The summed E-state index contributed by atoms with van der Waals surface area (Å²) in [4.78, 5) is 16.2. The number of esters is 1. The molecule has 5 nitrogen and oxygen atoms in total. The summed E-state index contributed by atoms with van der Waals surface area (Å²) in [6, 6.07) is 12.3. The Morgan fingerprint density at radius 2 is 2.08 bits per heavy atom. The minimum absolute atomic E-state index is 0.153. The van der Waals surface area contributed by atoms with Crippen molar-refractivity contribution < 1.29 is 13.9 Å². The van der Waals surface area contributed by atoms with Gasteiger partial charge in [-0.2, -0.15) is 5.10 Å². The number of hydrogen-bond acceptors (Lipinski definition) is 6. The van der Waals surface area contributed by atoms with Gasteiger partial charge in [-0.15, -0.1) is 11.3 Å². The largest absolute Gasteiger partial charge is 0.465 e. The molecule has 0 saturated carbocycles. The molecule has 7 heteroatoms. The minimum Gasteiger partial charge on any atom is -0.465 e. The van der Waals surface area contributed by atoms with Crippen molar-refractivity contribution in [3.63, 3.8) is 0 Å². The fourth-order valence-electron chi connectivity index (χ4n) is 2.43. The summed E-state index contributed by atoms with van der Waals surface area (Å²) in [6.45, 7) is 2.03. The van der Waals surface area contributed by atoms with Crippen molar-refractivity contribution in [2.75, 3.05) is 12.5 Å². The number of hydrazone groups is 1. The molecule has 0 bridgehead atoms. The van der Waals surface area contributed by atoms with Gasteiger partial charge in [-0.25, -0.2) is 14.2 Å². The summed E-state index contributed by atoms with van der Waals surface area (Å²) in [5.74, 6) is -1.41. The monoisotopic (exact) mass is 369 g/mol. The van der Waals surface area contributed by atoms with Gasteiger partial charge in [-0.3, -0.25) is 5.43 Å². The lowest BCUT2D eigenvalue weighted by Gasteiger charge is -2.04. The molecule has 132 valence electrons. The molecule has 0 aliphatic heterocycles. The molecule has 0 aliphatic rings. The highest BCUT2D eigenvalue weighted by Crippen LogP contribution is 2.27. The Morgan fingerprint density at radius 1 is 1.27 bits per heavy atom. The fourth-order valence-corrected chi connectivity index (χ4v) is 3.09. The summed E-state index contributed by atoms with van der Waals surface area (Å²) in [7, 11) is 1.20. The van der Waals surface area contributed by atoms with Gasteiger partial charge in [0, 0.05) is 16.5 Å². The van der Waals surface area contributed by atoms with Crippen LogP contribution < -0.4 is 5.43 Å². The van der Waals surface area contributed by atoms with Crippen molar-refractivity contribution in [2.45, 2.75) is 6.92 Å². The first-order valence-electron chi connectivity index (χ1n) is 7.77. The first kappa shape index (κ1) is 17.8. The number of nitrogens with zero attached hydrogens (tertiary/aromatic N) is 2. The molecule has 2 aromatic carbocycles. The van der Waals surface area contributed by atoms with Gasteiger partial charge in [-0.1, -0.05) is 36.4 Å². The lowest BCUT2D eigenvalue weighted by Crippen LogP contribution is -2.08. The summed E-state index contributed by atoms with van der Waals surface area (Å²) in [6.07, 6.45) is 1.37. The van der Waals surface area contributed by atoms with Crippen molar-refractivity contribution in [3.05, 3.63) is 70.4 Å². The number of ether oxygens (including phenoxy) is 1. The number of hydrogen-bond donors (Lipinski definition) is 1. The Morgan fingerprint density at radius 3 is 2.85 bits per heavy atom. The predicted octanol–water partition coefficient (Wildman–Crippen LogP) is 4.49. The van der Waals surface area contributed by atoms with Gasteiger partial charge in [0.2, 0.25) is 5.13 Å². The fraction of sp³-hybridized carbons (Fsp3) is 0.105. The zero-order valence-electron chi connectivity index (χ0n) is 14.2. The van der Waals surface area contributed by atoms with Crippen LogP contribution in [-0.2, 0) is 4.74 Å². The molecule has 0 saturated heterocycles. The molecule has 1 N–H and O–H groups in total. The van der Waals surface area contributed by atoms with E-state index in [0.29, 0.717) is 10.7 Å². The van der Waals surface area contributed by atoms with E-state index in [4.69, 9.17) is 0 Å². The Balaban J connectivity index is 1.78. The van der Waals surface area contributed by atoms with Gasteiger partial charge in [0.1, 0.15) is 11.4 Å². The Labute approximate surface area is 154 Å². The number of nitrogens with one attached hydrogen (secondary N) is 1. The quantitative estimate of drug-likeness (QED) is 0.409. The van der Waals surface area contributed by atoms with E-state index in [9.17, 15) is 9.18 Å². The van der Waals surface area contributed by atoms with Gasteiger partial charge in [0.05, 0.1) is 19.0 Å². The van der Waals surface area contributed by atoms with Gasteiger partial charge >= 0.3 is 5.97 Å². The molecular weight excluding hydrogens is 353 g/mol. The standard InChI is InChI=1S/C19H16FN3O2S/c1-12-6-3-4-8-14(12)16-11-26-19(22-16)23-21-10-13-7-5-9-15(20)17(13)18(24)25-2/h3-11H,1-2H3,(H,22,23)/b21-10+. The first-order valence-corrected chi connectivity index (χ1v) is 8.65. The number of carbonyl (C=O) groups is 1. The number of carbonyl (C=O) groups excluding carboxylic acids is 1. The number of anilines is 1. The van der Waals surface area contributed by atoms with E-state index in [1.54, 1.807) is 6.07 Å². The molecule has 0 amide bonds. The number of halogens is 1. The van der Waals surface area contributed by atoms with Crippen LogP contribution >= 0.6 is 11.3 Å². The number of methoxy groups -OCH3 is 1. The summed E-state index contributed by atoms with van der Waals surface area (Å²) >= 11 is 1.40. The zero-order valence-corrected chi connectivity index (χ0v) is 15.0. The van der Waals surface area contributed by atoms with Gasteiger partial charge in [0.25, 0.3) is 0 Å².